The Labute approximate surface area is 161 Å². The van der Waals surface area contributed by atoms with Crippen molar-refractivity contribution in [3.05, 3.63) is 85.1 Å². The summed E-state index contributed by atoms with van der Waals surface area (Å²) < 4.78 is 0. The second-order valence-corrected chi connectivity index (χ2v) is 5.64. The lowest BCUT2D eigenvalue weighted by Gasteiger charge is -2.10. The molecular formula is C16H11ClN4O7. The number of carboxylic acid groups (broad SMARTS) is 1. The first-order valence-electron chi connectivity index (χ1n) is 7.39. The predicted molar refractivity (Wildman–Crippen MR) is 98.0 cm³/mol. The minimum Gasteiger partial charge on any atom is -0.477 e. The maximum atomic E-state index is 12.1. The summed E-state index contributed by atoms with van der Waals surface area (Å²) in [6, 6.07) is 8.45. The van der Waals surface area contributed by atoms with E-state index >= 15 is 0 Å². The maximum Gasteiger partial charge on any atom is 0.353 e. The van der Waals surface area contributed by atoms with E-state index in [0.29, 0.717) is 11.1 Å². The number of carbonyl (C=O) groups is 2. The van der Waals surface area contributed by atoms with E-state index < -0.39 is 38.7 Å². The highest BCUT2D eigenvalue weighted by molar-refractivity contribution is 6.30. The smallest absolute Gasteiger partial charge is 0.353 e. The van der Waals surface area contributed by atoms with Gasteiger partial charge in [0.2, 0.25) is 0 Å². The summed E-state index contributed by atoms with van der Waals surface area (Å²) in [6.07, 6.45) is 0.774. The molecule has 11 nitrogen and oxygen atoms in total. The maximum absolute atomic E-state index is 12.1. The summed E-state index contributed by atoms with van der Waals surface area (Å²) in [5.41, 5.74) is 2.62. The fourth-order valence-corrected chi connectivity index (χ4v) is 2.13. The van der Waals surface area contributed by atoms with Gasteiger partial charge >= 0.3 is 11.7 Å². The molecule has 0 unspecified atom stereocenters. The highest BCUT2D eigenvalue weighted by Gasteiger charge is 2.20. The number of nitrogens with zero attached hydrogens (tertiary/aromatic N) is 2. The summed E-state index contributed by atoms with van der Waals surface area (Å²) in [6.45, 7) is 0. The number of hydrogen-bond acceptors (Lipinski definition) is 8. The van der Waals surface area contributed by atoms with Crippen LogP contribution >= 0.6 is 11.6 Å². The molecule has 0 aliphatic rings. The van der Waals surface area contributed by atoms with Crippen LogP contribution in [0.1, 0.15) is 10.4 Å². The van der Waals surface area contributed by atoms with Crippen molar-refractivity contribution in [2.24, 2.45) is 0 Å². The largest absolute Gasteiger partial charge is 0.477 e. The molecule has 0 atom stereocenters. The van der Waals surface area contributed by atoms with Crippen LogP contribution in [0.25, 0.3) is 0 Å². The molecule has 0 spiro atoms. The zero-order valence-electron chi connectivity index (χ0n) is 13.8. The molecule has 0 saturated heterocycles. The van der Waals surface area contributed by atoms with Gasteiger partial charge in [0.15, 0.2) is 5.78 Å². The number of non-ortho nitro benzene ring substituents is 1. The molecule has 144 valence electrons. The highest BCUT2D eigenvalue weighted by Crippen LogP contribution is 2.28. The Bertz CT molecular complexity index is 989. The van der Waals surface area contributed by atoms with E-state index in [1.165, 1.54) is 24.3 Å². The van der Waals surface area contributed by atoms with Gasteiger partial charge in [-0.3, -0.25) is 35.9 Å². The second kappa shape index (κ2) is 8.60. The number of halogens is 1. The van der Waals surface area contributed by atoms with Gasteiger partial charge in [-0.2, -0.15) is 0 Å². The molecule has 0 aromatic heterocycles. The normalized spacial score (nSPS) is 10.8. The van der Waals surface area contributed by atoms with E-state index in [1.54, 1.807) is 0 Å². The first-order valence-corrected chi connectivity index (χ1v) is 7.76. The standard InChI is InChI=1S/C16H11ClN4O7/c17-10-3-1-9(2-4-10)15(22)8-13(16(23)24)19-18-12-6-5-11(20(25)26)7-14(12)21(27)28/h1-8,18-19H,(H,23,24)/b13-8-. The second-order valence-electron chi connectivity index (χ2n) is 5.20. The first-order chi connectivity index (χ1) is 13.2. The van der Waals surface area contributed by atoms with E-state index in [1.807, 2.05) is 0 Å². The summed E-state index contributed by atoms with van der Waals surface area (Å²) in [4.78, 5) is 43.6. The molecule has 0 aliphatic heterocycles. The van der Waals surface area contributed by atoms with Crippen molar-refractivity contribution in [3.63, 3.8) is 0 Å². The van der Waals surface area contributed by atoms with Gasteiger partial charge in [-0.1, -0.05) is 11.6 Å². The van der Waals surface area contributed by atoms with Crippen molar-refractivity contribution in [1.29, 1.82) is 0 Å². The topological polar surface area (TPSA) is 165 Å². The van der Waals surface area contributed by atoms with Crippen molar-refractivity contribution in [2.45, 2.75) is 0 Å². The lowest BCUT2D eigenvalue weighted by molar-refractivity contribution is -0.393. The molecule has 0 fully saturated rings. The Hall–Kier alpha value is -3.99. The predicted octanol–water partition coefficient (Wildman–Crippen LogP) is 2.92. The van der Waals surface area contributed by atoms with Crippen molar-refractivity contribution in [1.82, 2.24) is 5.43 Å². The van der Waals surface area contributed by atoms with Crippen LogP contribution in [0.15, 0.2) is 54.2 Å². The summed E-state index contributed by atoms with van der Waals surface area (Å²) in [5.74, 6) is -2.17. The highest BCUT2D eigenvalue weighted by atomic mass is 35.5. The lowest BCUT2D eigenvalue weighted by atomic mass is 10.1. The van der Waals surface area contributed by atoms with Crippen LogP contribution < -0.4 is 10.9 Å². The number of aliphatic carboxylic acids is 1. The zero-order valence-corrected chi connectivity index (χ0v) is 14.5. The number of hydrazine groups is 1. The van der Waals surface area contributed by atoms with E-state index in [4.69, 9.17) is 11.6 Å². The van der Waals surface area contributed by atoms with Crippen LogP contribution in [0.5, 0.6) is 0 Å². The minimum absolute atomic E-state index is 0.172. The number of allylic oxidation sites excluding steroid dienone is 1. The third kappa shape index (κ3) is 5.02. The molecule has 0 radical (unpaired) electrons. The Morgan fingerprint density at radius 1 is 1.04 bits per heavy atom. The molecule has 3 N–H and O–H groups in total. The first kappa shape index (κ1) is 20.3. The van der Waals surface area contributed by atoms with Crippen LogP contribution in [0.2, 0.25) is 5.02 Å². The van der Waals surface area contributed by atoms with Crippen LogP contribution in [0, 0.1) is 20.2 Å². The van der Waals surface area contributed by atoms with Crippen LogP contribution in [0.3, 0.4) is 0 Å². The van der Waals surface area contributed by atoms with Gasteiger partial charge in [-0.25, -0.2) is 4.79 Å². The number of nitro benzene ring substituents is 2. The fourth-order valence-electron chi connectivity index (χ4n) is 2.00. The number of benzene rings is 2. The number of nitro groups is 2. The fraction of sp³-hybridized carbons (Fsp3) is 0. The Morgan fingerprint density at radius 2 is 1.68 bits per heavy atom. The number of nitrogens with one attached hydrogen (secondary N) is 2. The molecule has 0 amide bonds. The number of rotatable bonds is 8. The van der Waals surface area contributed by atoms with Crippen molar-refractivity contribution in [3.8, 4) is 0 Å². The summed E-state index contributed by atoms with van der Waals surface area (Å²) in [5, 5.41) is 31.4. The van der Waals surface area contributed by atoms with E-state index in [-0.39, 0.29) is 11.3 Å². The number of anilines is 1. The van der Waals surface area contributed by atoms with E-state index in [9.17, 15) is 34.9 Å². The molecule has 0 heterocycles. The monoisotopic (exact) mass is 406 g/mol. The molecule has 12 heteroatoms. The molecule has 0 aliphatic carbocycles. The van der Waals surface area contributed by atoms with Gasteiger partial charge in [0.05, 0.1) is 15.9 Å². The molecule has 2 aromatic carbocycles. The van der Waals surface area contributed by atoms with Crippen molar-refractivity contribution in [2.75, 3.05) is 5.43 Å². The van der Waals surface area contributed by atoms with Crippen LogP contribution in [0.4, 0.5) is 17.1 Å². The Kier molecular flexibility index (Phi) is 6.24. The van der Waals surface area contributed by atoms with Gasteiger partial charge in [-0.05, 0) is 30.3 Å². The average Bonchev–Trinajstić information content (AvgIpc) is 2.64. The number of hydrogen-bond donors (Lipinski definition) is 3. The average molecular weight is 407 g/mol. The molecule has 0 saturated carbocycles. The Morgan fingerprint density at radius 3 is 2.21 bits per heavy atom. The Balaban J connectivity index is 2.25. The van der Waals surface area contributed by atoms with E-state index in [2.05, 4.69) is 10.9 Å². The third-order valence-electron chi connectivity index (χ3n) is 3.36. The molecule has 0 bridgehead atoms. The van der Waals surface area contributed by atoms with Gasteiger partial charge < -0.3 is 5.11 Å². The summed E-state index contributed by atoms with van der Waals surface area (Å²) >= 11 is 5.72. The van der Waals surface area contributed by atoms with Crippen molar-refractivity contribution >= 4 is 40.4 Å². The molecular weight excluding hydrogens is 396 g/mol. The van der Waals surface area contributed by atoms with Gasteiger partial charge in [-0.15, -0.1) is 0 Å². The van der Waals surface area contributed by atoms with Gasteiger partial charge in [0.1, 0.15) is 11.4 Å². The van der Waals surface area contributed by atoms with Gasteiger partial charge in [0, 0.05) is 22.7 Å². The molecule has 2 rings (SSSR count). The number of carboxylic acids is 1. The van der Waals surface area contributed by atoms with Crippen molar-refractivity contribution < 1.29 is 24.5 Å². The van der Waals surface area contributed by atoms with Crippen LogP contribution in [-0.4, -0.2) is 26.7 Å². The number of ketones is 1. The SMILES string of the molecule is O=C(O)/C(=C/C(=O)c1ccc(Cl)cc1)NNc1ccc([N+](=O)[O-])cc1[N+](=O)[O-]. The van der Waals surface area contributed by atoms with E-state index in [0.717, 1.165) is 18.2 Å². The molecule has 2 aromatic rings. The quantitative estimate of drug-likeness (QED) is 0.258. The summed E-state index contributed by atoms with van der Waals surface area (Å²) in [7, 11) is 0. The zero-order chi connectivity index (χ0) is 20.8. The minimum atomic E-state index is -1.51. The lowest BCUT2D eigenvalue weighted by Crippen LogP contribution is -2.27. The third-order valence-corrected chi connectivity index (χ3v) is 3.61. The number of carbonyl (C=O) groups excluding carboxylic acids is 1. The van der Waals surface area contributed by atoms with Crippen LogP contribution in [-0.2, 0) is 4.79 Å². The van der Waals surface area contributed by atoms with Gasteiger partial charge in [0.25, 0.3) is 5.69 Å². The molecule has 28 heavy (non-hydrogen) atoms.